The molecule has 0 amide bonds. The van der Waals surface area contributed by atoms with Crippen molar-refractivity contribution in [2.75, 3.05) is 0 Å². The maximum atomic E-state index is 6.52. The van der Waals surface area contributed by atoms with Crippen LogP contribution in [-0.2, 0) is 15.7 Å². The molecule has 122 valence electrons. The summed E-state index contributed by atoms with van der Waals surface area (Å²) in [6.07, 6.45) is 3.56. The molecule has 0 aromatic heterocycles. The van der Waals surface area contributed by atoms with Crippen molar-refractivity contribution in [1.82, 2.24) is 0 Å². The van der Waals surface area contributed by atoms with E-state index in [9.17, 15) is 0 Å². The van der Waals surface area contributed by atoms with Gasteiger partial charge in [-0.2, -0.15) is 0 Å². The van der Waals surface area contributed by atoms with E-state index in [1.807, 2.05) is 6.07 Å². The highest BCUT2D eigenvalue weighted by molar-refractivity contribution is 6.47. The van der Waals surface area contributed by atoms with Gasteiger partial charge in [-0.15, -0.1) is 0 Å². The Morgan fingerprint density at radius 3 is 2.74 bits per heavy atom. The molecule has 1 unspecified atom stereocenters. The van der Waals surface area contributed by atoms with Crippen LogP contribution in [0, 0.1) is 22.7 Å². The lowest BCUT2D eigenvalue weighted by molar-refractivity contribution is -0.00155. The second kappa shape index (κ2) is 4.22. The van der Waals surface area contributed by atoms with Crippen molar-refractivity contribution in [3.05, 3.63) is 35.9 Å². The minimum Gasteiger partial charge on any atom is -0.404 e. The second-order valence-electron chi connectivity index (χ2n) is 8.98. The van der Waals surface area contributed by atoms with Gasteiger partial charge in [-0.1, -0.05) is 44.2 Å². The van der Waals surface area contributed by atoms with Gasteiger partial charge in [-0.05, 0) is 48.5 Å². The van der Waals surface area contributed by atoms with Crippen molar-refractivity contribution in [3.63, 3.8) is 0 Å². The predicted molar refractivity (Wildman–Crippen MR) is 90.7 cm³/mol. The maximum Gasteiger partial charge on any atom is 0.475 e. The Balaban J connectivity index is 1.35. The summed E-state index contributed by atoms with van der Waals surface area (Å²) < 4.78 is 12.9. The van der Waals surface area contributed by atoms with Crippen molar-refractivity contribution in [3.8, 4) is 0 Å². The minimum absolute atomic E-state index is 0.103. The summed E-state index contributed by atoms with van der Waals surface area (Å²) in [6.45, 7) is 7.13. The molecule has 0 radical (unpaired) electrons. The van der Waals surface area contributed by atoms with E-state index in [0.717, 1.165) is 18.8 Å². The lowest BCUT2D eigenvalue weighted by atomic mass is 9.75. The molecule has 2 N–H and O–H groups in total. The molecule has 1 spiro atoms. The largest absolute Gasteiger partial charge is 0.475 e. The molecule has 4 aliphatic rings. The number of hydrogen-bond acceptors (Lipinski definition) is 3. The molecule has 6 atom stereocenters. The van der Waals surface area contributed by atoms with Crippen LogP contribution in [0.1, 0.15) is 39.2 Å². The Morgan fingerprint density at radius 2 is 2.00 bits per heavy atom. The van der Waals surface area contributed by atoms with Gasteiger partial charge in [0.2, 0.25) is 0 Å². The van der Waals surface area contributed by atoms with Gasteiger partial charge >= 0.3 is 7.12 Å². The van der Waals surface area contributed by atoms with E-state index in [1.54, 1.807) is 0 Å². The SMILES string of the molecule is CC1(C)[C@@H]2C13C[C@H]3C[C@H]1OB([C@@H](N)Cc3ccccc3)O[C@@]21C. The zero-order valence-electron chi connectivity index (χ0n) is 14.3. The molecule has 1 heterocycles. The van der Waals surface area contributed by atoms with Gasteiger partial charge in [0, 0.05) is 11.9 Å². The van der Waals surface area contributed by atoms with Gasteiger partial charge in [0.1, 0.15) is 0 Å². The molecule has 1 aliphatic heterocycles. The number of nitrogens with two attached hydrogens (primary N) is 1. The molecular formula is C19H26BNO2. The fourth-order valence-corrected chi connectivity index (χ4v) is 6.52. The quantitative estimate of drug-likeness (QED) is 0.873. The Morgan fingerprint density at radius 1 is 1.26 bits per heavy atom. The summed E-state index contributed by atoms with van der Waals surface area (Å²) in [5.74, 6) is 1.39. The molecule has 3 saturated carbocycles. The zero-order valence-corrected chi connectivity index (χ0v) is 14.3. The molecule has 23 heavy (non-hydrogen) atoms. The highest BCUT2D eigenvalue weighted by Gasteiger charge is 2.90. The number of rotatable bonds is 3. The zero-order chi connectivity index (χ0) is 16.0. The van der Waals surface area contributed by atoms with Crippen molar-refractivity contribution in [2.24, 2.45) is 28.4 Å². The Kier molecular flexibility index (Phi) is 2.66. The first kappa shape index (κ1) is 14.5. The van der Waals surface area contributed by atoms with E-state index in [1.165, 1.54) is 12.0 Å². The van der Waals surface area contributed by atoms with Gasteiger partial charge in [0.05, 0.1) is 11.7 Å². The van der Waals surface area contributed by atoms with Gasteiger partial charge < -0.3 is 15.0 Å². The molecular weight excluding hydrogens is 285 g/mol. The van der Waals surface area contributed by atoms with E-state index < -0.39 is 0 Å². The van der Waals surface area contributed by atoms with Gasteiger partial charge in [-0.25, -0.2) is 0 Å². The first-order valence-electron chi connectivity index (χ1n) is 9.02. The summed E-state index contributed by atoms with van der Waals surface area (Å²) in [7, 11) is -0.267. The molecule has 3 nitrogen and oxygen atoms in total. The first-order valence-corrected chi connectivity index (χ1v) is 9.02. The smallest absolute Gasteiger partial charge is 0.404 e. The number of fused-ring (bicyclic) bond motifs is 2. The van der Waals surface area contributed by atoms with E-state index in [0.29, 0.717) is 16.7 Å². The van der Waals surface area contributed by atoms with Crippen LogP contribution in [0.4, 0.5) is 0 Å². The molecule has 4 fully saturated rings. The third-order valence-corrected chi connectivity index (χ3v) is 7.55. The topological polar surface area (TPSA) is 44.5 Å². The van der Waals surface area contributed by atoms with Crippen molar-refractivity contribution < 1.29 is 9.31 Å². The first-order chi connectivity index (χ1) is 10.9. The third-order valence-electron chi connectivity index (χ3n) is 7.55. The van der Waals surface area contributed by atoms with E-state index in [2.05, 4.69) is 45.0 Å². The average Bonchev–Trinajstić information content (AvgIpc) is 3.28. The van der Waals surface area contributed by atoms with Crippen LogP contribution < -0.4 is 5.73 Å². The van der Waals surface area contributed by atoms with Gasteiger partial charge in [0.25, 0.3) is 0 Å². The monoisotopic (exact) mass is 311 g/mol. The minimum atomic E-state index is -0.267. The Hall–Kier alpha value is -0.835. The summed E-state index contributed by atoms with van der Waals surface area (Å²) in [5, 5.41) is 0. The van der Waals surface area contributed by atoms with Gasteiger partial charge in [0.15, 0.2) is 0 Å². The average molecular weight is 311 g/mol. The maximum absolute atomic E-state index is 6.52. The molecule has 1 aromatic carbocycles. The normalized spacial score (nSPS) is 46.6. The third kappa shape index (κ3) is 1.67. The van der Waals surface area contributed by atoms with Crippen LogP contribution >= 0.6 is 0 Å². The lowest BCUT2D eigenvalue weighted by Gasteiger charge is -2.34. The van der Waals surface area contributed by atoms with Crippen LogP contribution in [0.3, 0.4) is 0 Å². The molecule has 3 aliphatic carbocycles. The summed E-state index contributed by atoms with van der Waals surface area (Å²) in [5.41, 5.74) is 8.51. The van der Waals surface area contributed by atoms with E-state index in [4.69, 9.17) is 15.0 Å². The van der Waals surface area contributed by atoms with Crippen LogP contribution in [0.5, 0.6) is 0 Å². The summed E-state index contributed by atoms with van der Waals surface area (Å²) in [4.78, 5) is 0. The highest BCUT2D eigenvalue weighted by atomic mass is 16.7. The molecule has 5 rings (SSSR count). The fourth-order valence-electron chi connectivity index (χ4n) is 6.52. The standard InChI is InChI=1S/C19H26BNO2/c1-17(2)16-18(3)14(10-13-11-19(13,16)17)22-20(23-18)15(21)9-12-7-5-4-6-8-12/h4-8,13-16H,9-11,21H2,1-3H3/t13-,14-,15+,16+,18-,19?/m1/s1. The van der Waals surface area contributed by atoms with Crippen molar-refractivity contribution >= 4 is 7.12 Å². The van der Waals surface area contributed by atoms with E-state index in [-0.39, 0.29) is 24.8 Å². The van der Waals surface area contributed by atoms with E-state index >= 15 is 0 Å². The molecule has 1 saturated heterocycles. The second-order valence-corrected chi connectivity index (χ2v) is 8.98. The number of hydrogen-bond donors (Lipinski definition) is 1. The lowest BCUT2D eigenvalue weighted by Crippen LogP contribution is -2.45. The predicted octanol–water partition coefficient (Wildman–Crippen LogP) is 2.82. The van der Waals surface area contributed by atoms with Crippen LogP contribution in [-0.4, -0.2) is 24.8 Å². The molecule has 0 bridgehead atoms. The number of benzene rings is 1. The van der Waals surface area contributed by atoms with Crippen molar-refractivity contribution in [1.29, 1.82) is 0 Å². The molecule has 1 aromatic rings. The van der Waals surface area contributed by atoms with Crippen LogP contribution in [0.15, 0.2) is 30.3 Å². The fraction of sp³-hybridized carbons (Fsp3) is 0.684. The Bertz CT molecular complexity index is 650. The highest BCUT2D eigenvalue weighted by Crippen LogP contribution is 2.91. The van der Waals surface area contributed by atoms with Gasteiger partial charge in [-0.3, -0.25) is 0 Å². The Labute approximate surface area is 139 Å². The van der Waals surface area contributed by atoms with Crippen LogP contribution in [0.2, 0.25) is 0 Å². The summed E-state index contributed by atoms with van der Waals surface area (Å²) in [6, 6.07) is 10.4. The van der Waals surface area contributed by atoms with Crippen molar-refractivity contribution in [2.45, 2.75) is 57.7 Å². The molecule has 4 heteroatoms. The van der Waals surface area contributed by atoms with Crippen LogP contribution in [0.25, 0.3) is 0 Å². The summed E-state index contributed by atoms with van der Waals surface area (Å²) >= 11 is 0.